The molecule has 0 aromatic heterocycles. The van der Waals surface area contributed by atoms with Gasteiger partial charge >= 0.3 is 0 Å². The average molecular weight is 395 g/mol. The molecule has 2 saturated carbocycles. The topological polar surface area (TPSA) is 75.4 Å². The van der Waals surface area contributed by atoms with Crippen LogP contribution >= 0.6 is 0 Å². The third kappa shape index (κ3) is 3.17. The smallest absolute Gasteiger partial charge is 0.292 e. The summed E-state index contributed by atoms with van der Waals surface area (Å²) in [5.74, 6) is 0.722. The van der Waals surface area contributed by atoms with Crippen LogP contribution in [0, 0.1) is 11.3 Å². The van der Waals surface area contributed by atoms with E-state index < -0.39 is 0 Å². The molecule has 0 saturated heterocycles. The number of hydrogen-bond donors (Lipinski definition) is 1. The van der Waals surface area contributed by atoms with Gasteiger partial charge in [-0.1, -0.05) is 44.9 Å². The van der Waals surface area contributed by atoms with Crippen molar-refractivity contribution in [3.63, 3.8) is 0 Å². The average Bonchev–Trinajstić information content (AvgIpc) is 3.13. The molecule has 154 valence electrons. The minimum absolute atomic E-state index is 0.0478. The Morgan fingerprint density at radius 3 is 2.69 bits per heavy atom. The van der Waals surface area contributed by atoms with Gasteiger partial charge in [0.2, 0.25) is 5.96 Å². The van der Waals surface area contributed by atoms with Gasteiger partial charge in [0.1, 0.15) is 17.4 Å². The van der Waals surface area contributed by atoms with Gasteiger partial charge in [-0.15, -0.1) is 0 Å². The summed E-state index contributed by atoms with van der Waals surface area (Å²) in [4.78, 5) is 27.7. The molecular weight excluding hydrogens is 364 g/mol. The van der Waals surface area contributed by atoms with Crippen molar-refractivity contribution in [2.75, 3.05) is 0 Å². The van der Waals surface area contributed by atoms with Crippen molar-refractivity contribution in [2.45, 2.75) is 82.9 Å². The van der Waals surface area contributed by atoms with Gasteiger partial charge in [0, 0.05) is 12.1 Å². The Kier molecular flexibility index (Phi) is 4.13. The van der Waals surface area contributed by atoms with Crippen LogP contribution in [0.25, 0.3) is 0 Å². The molecule has 0 radical (unpaired) electrons. The predicted octanol–water partition coefficient (Wildman–Crippen LogP) is 3.73. The summed E-state index contributed by atoms with van der Waals surface area (Å²) in [5.41, 5.74) is 0.300. The minimum Gasteiger partial charge on any atom is -0.455 e. The van der Waals surface area contributed by atoms with Gasteiger partial charge in [0.05, 0.1) is 11.5 Å². The quantitative estimate of drug-likeness (QED) is 0.680. The molecule has 0 aromatic rings. The zero-order valence-electron chi connectivity index (χ0n) is 17.6. The van der Waals surface area contributed by atoms with E-state index in [0.29, 0.717) is 24.2 Å². The molecule has 2 aliphatic heterocycles. The van der Waals surface area contributed by atoms with Crippen molar-refractivity contribution in [1.29, 1.82) is 0 Å². The summed E-state index contributed by atoms with van der Waals surface area (Å²) in [6.07, 6.45) is 14.6. The standard InChI is InChI=1S/C23H30N4O2/c1-21(2)13-15-18(16(28)14-21)23(11-7-8-12-23)26-19(24-15)25-20-27-22(3)10-6-4-5-9-17(22)29-20/h4-6,9,17-18H,7-8,10-14H2,1-3H3,(H,25,26,27). The molecule has 29 heavy (non-hydrogen) atoms. The summed E-state index contributed by atoms with van der Waals surface area (Å²) in [7, 11) is 0. The molecule has 0 bridgehead atoms. The van der Waals surface area contributed by atoms with E-state index >= 15 is 0 Å². The molecule has 5 aliphatic rings. The summed E-state index contributed by atoms with van der Waals surface area (Å²) in [6.45, 7) is 6.42. The van der Waals surface area contributed by atoms with E-state index in [0.717, 1.165) is 44.2 Å². The van der Waals surface area contributed by atoms with E-state index in [1.165, 1.54) is 0 Å². The molecule has 2 heterocycles. The van der Waals surface area contributed by atoms with Crippen LogP contribution in [0.2, 0.25) is 0 Å². The van der Waals surface area contributed by atoms with Gasteiger partial charge in [-0.25, -0.2) is 15.0 Å². The number of allylic oxidation sites excluding steroid dienone is 2. The summed E-state index contributed by atoms with van der Waals surface area (Å²) in [5, 5.41) is 3.27. The number of aliphatic imine (C=N–C) groups is 3. The number of carbonyl (C=O) groups excluding carboxylic acids is 1. The molecule has 1 N–H and O–H groups in total. The molecule has 0 amide bonds. The number of ketones is 1. The maximum absolute atomic E-state index is 13.1. The molecule has 5 rings (SSSR count). The fraction of sp³-hybridized carbons (Fsp3) is 0.652. The summed E-state index contributed by atoms with van der Waals surface area (Å²) in [6, 6.07) is 0.480. The molecule has 0 aromatic carbocycles. The number of hydrogen-bond acceptors (Lipinski definition) is 6. The highest BCUT2D eigenvalue weighted by Gasteiger charge is 2.53. The number of Topliss-reactive ketones (excluding diaryl/α,β-unsaturated/α-hetero) is 1. The lowest BCUT2D eigenvalue weighted by Crippen LogP contribution is -2.53. The number of amidine groups is 1. The van der Waals surface area contributed by atoms with Crippen molar-refractivity contribution in [2.24, 2.45) is 26.3 Å². The van der Waals surface area contributed by atoms with E-state index in [2.05, 4.69) is 32.2 Å². The molecule has 3 aliphatic carbocycles. The summed E-state index contributed by atoms with van der Waals surface area (Å²) >= 11 is 0. The number of fused-ring (bicyclic) bond motifs is 3. The lowest BCUT2D eigenvalue weighted by molar-refractivity contribution is -0.125. The van der Waals surface area contributed by atoms with E-state index in [-0.39, 0.29) is 28.5 Å². The second kappa shape index (κ2) is 6.38. The molecule has 6 heteroatoms. The Bertz CT molecular complexity index is 889. The second-order valence-electron chi connectivity index (χ2n) is 10.2. The number of carbonyl (C=O) groups is 1. The van der Waals surface area contributed by atoms with Crippen molar-refractivity contribution in [3.05, 3.63) is 24.3 Å². The van der Waals surface area contributed by atoms with Gasteiger partial charge in [0.25, 0.3) is 6.02 Å². The first kappa shape index (κ1) is 18.8. The highest BCUT2D eigenvalue weighted by Crippen LogP contribution is 2.48. The van der Waals surface area contributed by atoms with Crippen LogP contribution in [-0.4, -0.2) is 40.7 Å². The van der Waals surface area contributed by atoms with Gasteiger partial charge in [-0.05, 0) is 44.1 Å². The third-order valence-electron chi connectivity index (χ3n) is 7.04. The van der Waals surface area contributed by atoms with Gasteiger partial charge in [-0.2, -0.15) is 0 Å². The Balaban J connectivity index is 1.46. The normalized spacial score (nSPS) is 36.5. The van der Waals surface area contributed by atoms with Crippen LogP contribution in [0.4, 0.5) is 0 Å². The first-order chi connectivity index (χ1) is 13.8. The van der Waals surface area contributed by atoms with E-state index in [1.54, 1.807) is 0 Å². The largest absolute Gasteiger partial charge is 0.455 e. The van der Waals surface area contributed by atoms with E-state index in [1.807, 2.05) is 18.2 Å². The van der Waals surface area contributed by atoms with Crippen molar-refractivity contribution >= 4 is 23.5 Å². The van der Waals surface area contributed by atoms with Crippen molar-refractivity contribution in [1.82, 2.24) is 5.32 Å². The van der Waals surface area contributed by atoms with Crippen LogP contribution in [0.1, 0.15) is 65.7 Å². The number of nitrogens with zero attached hydrogens (tertiary/aromatic N) is 3. The first-order valence-corrected chi connectivity index (χ1v) is 10.9. The fourth-order valence-electron chi connectivity index (χ4n) is 5.69. The van der Waals surface area contributed by atoms with E-state index in [9.17, 15) is 4.79 Å². The molecule has 2 fully saturated rings. The van der Waals surface area contributed by atoms with Gasteiger partial charge < -0.3 is 4.74 Å². The molecular formula is C23H30N4O2. The van der Waals surface area contributed by atoms with E-state index in [4.69, 9.17) is 19.7 Å². The molecule has 1 spiro atoms. The highest BCUT2D eigenvalue weighted by atomic mass is 16.5. The fourth-order valence-corrected chi connectivity index (χ4v) is 5.69. The lowest BCUT2D eigenvalue weighted by Gasteiger charge is -2.43. The molecule has 3 unspecified atom stereocenters. The van der Waals surface area contributed by atoms with Gasteiger partial charge in [0.15, 0.2) is 0 Å². The van der Waals surface area contributed by atoms with Gasteiger partial charge in [-0.3, -0.25) is 10.1 Å². The number of guanidine groups is 1. The van der Waals surface area contributed by atoms with Crippen LogP contribution in [0.5, 0.6) is 0 Å². The van der Waals surface area contributed by atoms with Crippen LogP contribution in [0.3, 0.4) is 0 Å². The number of nitrogens with one attached hydrogen (secondary N) is 1. The molecule has 6 nitrogen and oxygen atoms in total. The monoisotopic (exact) mass is 394 g/mol. The number of rotatable bonds is 0. The Labute approximate surface area is 172 Å². The van der Waals surface area contributed by atoms with Crippen molar-refractivity contribution < 1.29 is 9.53 Å². The van der Waals surface area contributed by atoms with Crippen LogP contribution in [-0.2, 0) is 9.53 Å². The predicted molar refractivity (Wildman–Crippen MR) is 114 cm³/mol. The SMILES string of the molecule is CC1(C)CC(=O)C2C(=NC(NC3=NC4(C)CC=CC=CC4O3)=NC23CCCC3)C1. The third-order valence-corrected chi connectivity index (χ3v) is 7.04. The highest BCUT2D eigenvalue weighted by molar-refractivity contribution is 6.15. The lowest BCUT2D eigenvalue weighted by atomic mass is 9.64. The van der Waals surface area contributed by atoms with Crippen LogP contribution < -0.4 is 5.32 Å². The number of ether oxygens (including phenoxy) is 1. The minimum atomic E-state index is -0.330. The second-order valence-corrected chi connectivity index (χ2v) is 10.2. The van der Waals surface area contributed by atoms with Crippen molar-refractivity contribution in [3.8, 4) is 0 Å². The Morgan fingerprint density at radius 2 is 1.90 bits per heavy atom. The summed E-state index contributed by atoms with van der Waals surface area (Å²) < 4.78 is 6.10. The Morgan fingerprint density at radius 1 is 1.10 bits per heavy atom. The first-order valence-electron chi connectivity index (χ1n) is 10.9. The molecule has 3 atom stereocenters. The zero-order chi connectivity index (χ0) is 20.3. The Hall–Kier alpha value is -2.24. The zero-order valence-corrected chi connectivity index (χ0v) is 17.6. The maximum atomic E-state index is 13.1. The maximum Gasteiger partial charge on any atom is 0.292 e. The van der Waals surface area contributed by atoms with Crippen LogP contribution in [0.15, 0.2) is 39.3 Å².